The van der Waals surface area contributed by atoms with Crippen molar-refractivity contribution >= 4 is 16.9 Å². The highest BCUT2D eigenvalue weighted by molar-refractivity contribution is 5.79. The minimum atomic E-state index is -4.49. The van der Waals surface area contributed by atoms with Crippen molar-refractivity contribution in [2.24, 2.45) is 0 Å². The fourth-order valence-corrected chi connectivity index (χ4v) is 2.80. The van der Waals surface area contributed by atoms with Crippen LogP contribution in [0.4, 0.5) is 19.1 Å². The molecule has 0 radical (unpaired) electrons. The molecule has 2 heterocycles. The Bertz CT molecular complexity index is 881. The highest BCUT2D eigenvalue weighted by Crippen LogP contribution is 2.27. The predicted octanol–water partition coefficient (Wildman–Crippen LogP) is 1.49. The molecule has 0 aliphatic carbocycles. The molecule has 1 aromatic carbocycles. The van der Waals surface area contributed by atoms with E-state index in [9.17, 15) is 18.3 Å². The van der Waals surface area contributed by atoms with Gasteiger partial charge in [-0.2, -0.15) is 13.2 Å². The van der Waals surface area contributed by atoms with Gasteiger partial charge in [0, 0.05) is 17.9 Å². The minimum absolute atomic E-state index is 0.0578. The highest BCUT2D eigenvalue weighted by atomic mass is 19.4. The largest absolute Gasteiger partial charge is 0.433 e. The number of aliphatic hydroxyl groups is 1. The number of aliphatic hydroxyl groups excluding tert-OH is 1. The number of rotatable bonds is 8. The molecule has 3 aromatic rings. The zero-order chi connectivity index (χ0) is 19.3. The van der Waals surface area contributed by atoms with Crippen molar-refractivity contribution in [2.75, 3.05) is 25.0 Å². The summed E-state index contributed by atoms with van der Waals surface area (Å²) in [4.78, 5) is 7.22. The molecule has 0 aliphatic rings. The van der Waals surface area contributed by atoms with Gasteiger partial charge in [-0.15, -0.1) is 0 Å². The molecule has 0 saturated heterocycles. The van der Waals surface area contributed by atoms with E-state index in [1.54, 1.807) is 0 Å². The molecule has 0 bridgehead atoms. The van der Waals surface area contributed by atoms with Gasteiger partial charge in [-0.1, -0.05) is 18.2 Å². The number of anilines is 1. The summed E-state index contributed by atoms with van der Waals surface area (Å²) in [5, 5.41) is 16.0. The van der Waals surface area contributed by atoms with Crippen molar-refractivity contribution in [3.63, 3.8) is 0 Å². The van der Waals surface area contributed by atoms with Crippen LogP contribution < -0.4 is 10.6 Å². The fourth-order valence-electron chi connectivity index (χ4n) is 2.80. The standard InChI is InChI=1S/C18H20F3N5O/c19-18(20,21)16-5-7-23-17(25-16)24-9-8-22-11-14(27)12-26-10-6-13-3-1-2-4-15(13)26/h1-7,10,14,22,27H,8-9,11-12H2,(H,23,24,25)/p+1/t14-/m1/s1. The van der Waals surface area contributed by atoms with E-state index in [1.165, 1.54) is 0 Å². The number of halogens is 3. The van der Waals surface area contributed by atoms with Crippen molar-refractivity contribution in [1.82, 2.24) is 14.5 Å². The van der Waals surface area contributed by atoms with Crippen molar-refractivity contribution in [1.29, 1.82) is 0 Å². The van der Waals surface area contributed by atoms with Crippen LogP contribution in [-0.2, 0) is 12.7 Å². The summed E-state index contributed by atoms with van der Waals surface area (Å²) in [6, 6.07) is 10.8. The molecule has 0 aliphatic heterocycles. The van der Waals surface area contributed by atoms with E-state index in [1.807, 2.05) is 46.4 Å². The molecule has 2 aromatic heterocycles. The lowest BCUT2D eigenvalue weighted by Crippen LogP contribution is -2.87. The molecule has 4 N–H and O–H groups in total. The Morgan fingerprint density at radius 2 is 2.00 bits per heavy atom. The number of hydrogen-bond acceptors (Lipinski definition) is 4. The van der Waals surface area contributed by atoms with Crippen LogP contribution in [0.25, 0.3) is 10.9 Å². The van der Waals surface area contributed by atoms with Gasteiger partial charge < -0.3 is 20.3 Å². The molecular formula is C18H21F3N5O+. The first-order chi connectivity index (χ1) is 12.9. The summed E-state index contributed by atoms with van der Waals surface area (Å²) in [6.07, 6.45) is -2.00. The average Bonchev–Trinajstić information content (AvgIpc) is 3.04. The minimum Gasteiger partial charge on any atom is -0.385 e. The molecule has 6 nitrogen and oxygen atoms in total. The van der Waals surface area contributed by atoms with Gasteiger partial charge in [-0.05, 0) is 23.6 Å². The molecule has 9 heteroatoms. The van der Waals surface area contributed by atoms with Crippen LogP contribution in [0, 0.1) is 0 Å². The highest BCUT2D eigenvalue weighted by Gasteiger charge is 2.32. The van der Waals surface area contributed by atoms with Gasteiger partial charge in [0.05, 0.1) is 19.6 Å². The van der Waals surface area contributed by atoms with Crippen LogP contribution >= 0.6 is 0 Å². The van der Waals surface area contributed by atoms with Gasteiger partial charge in [-0.3, -0.25) is 0 Å². The van der Waals surface area contributed by atoms with Crippen molar-refractivity contribution in [3.05, 3.63) is 54.5 Å². The first kappa shape index (κ1) is 19.1. The SMILES string of the molecule is O[C@H](C[NH2+]CCNc1nccc(C(F)(F)F)n1)Cn1ccc2ccccc21. The summed E-state index contributed by atoms with van der Waals surface area (Å²) in [7, 11) is 0. The molecule has 27 heavy (non-hydrogen) atoms. The van der Waals surface area contributed by atoms with Crippen LogP contribution in [-0.4, -0.2) is 45.4 Å². The molecular weight excluding hydrogens is 359 g/mol. The van der Waals surface area contributed by atoms with E-state index >= 15 is 0 Å². The summed E-state index contributed by atoms with van der Waals surface area (Å²) >= 11 is 0. The molecule has 1 atom stereocenters. The molecule has 0 amide bonds. The third kappa shape index (κ3) is 5.18. The quantitative estimate of drug-likeness (QED) is 0.518. The van der Waals surface area contributed by atoms with Crippen LogP contribution in [0.3, 0.4) is 0 Å². The fraction of sp³-hybridized carbons (Fsp3) is 0.333. The molecule has 0 fully saturated rings. The second kappa shape index (κ2) is 8.36. The molecule has 0 saturated carbocycles. The van der Waals surface area contributed by atoms with E-state index in [2.05, 4.69) is 15.3 Å². The number of nitrogens with zero attached hydrogens (tertiary/aromatic N) is 3. The summed E-state index contributed by atoms with van der Waals surface area (Å²) in [6.45, 7) is 1.93. The maximum atomic E-state index is 12.6. The lowest BCUT2D eigenvalue weighted by atomic mass is 10.2. The van der Waals surface area contributed by atoms with Crippen molar-refractivity contribution in [3.8, 4) is 0 Å². The summed E-state index contributed by atoms with van der Waals surface area (Å²) in [5.41, 5.74) is 0.0956. The van der Waals surface area contributed by atoms with Gasteiger partial charge in [-0.25, -0.2) is 9.97 Å². The smallest absolute Gasteiger partial charge is 0.385 e. The van der Waals surface area contributed by atoms with Crippen LogP contribution in [0.5, 0.6) is 0 Å². The number of nitrogens with one attached hydrogen (secondary N) is 1. The second-order valence-electron chi connectivity index (χ2n) is 6.18. The Morgan fingerprint density at radius 1 is 1.19 bits per heavy atom. The maximum Gasteiger partial charge on any atom is 0.433 e. The Morgan fingerprint density at radius 3 is 2.81 bits per heavy atom. The number of fused-ring (bicyclic) bond motifs is 1. The Hall–Kier alpha value is -2.65. The monoisotopic (exact) mass is 380 g/mol. The third-order valence-corrected chi connectivity index (χ3v) is 4.10. The zero-order valence-electron chi connectivity index (χ0n) is 14.5. The number of aromatic nitrogens is 3. The number of hydrogen-bond donors (Lipinski definition) is 3. The second-order valence-corrected chi connectivity index (χ2v) is 6.18. The van der Waals surface area contributed by atoms with Crippen molar-refractivity contribution in [2.45, 2.75) is 18.8 Å². The first-order valence-electron chi connectivity index (χ1n) is 8.61. The van der Waals surface area contributed by atoms with Gasteiger partial charge in [0.2, 0.25) is 5.95 Å². The number of benzene rings is 1. The average molecular weight is 380 g/mol. The Kier molecular flexibility index (Phi) is 5.92. The number of alkyl halides is 3. The number of quaternary nitrogens is 1. The molecule has 0 spiro atoms. The predicted molar refractivity (Wildman–Crippen MR) is 95.1 cm³/mol. The van der Waals surface area contributed by atoms with Crippen LogP contribution in [0.1, 0.15) is 5.69 Å². The van der Waals surface area contributed by atoms with Gasteiger partial charge in [0.25, 0.3) is 0 Å². The lowest BCUT2D eigenvalue weighted by molar-refractivity contribution is -0.658. The third-order valence-electron chi connectivity index (χ3n) is 4.10. The summed E-state index contributed by atoms with van der Waals surface area (Å²) in [5.74, 6) is -0.0578. The number of nitrogens with two attached hydrogens (primary N) is 1. The molecule has 0 unspecified atom stereocenters. The van der Waals surface area contributed by atoms with Gasteiger partial charge >= 0.3 is 6.18 Å². The number of para-hydroxylation sites is 1. The van der Waals surface area contributed by atoms with E-state index in [0.717, 1.165) is 23.2 Å². The van der Waals surface area contributed by atoms with Gasteiger partial charge in [0.1, 0.15) is 18.3 Å². The van der Waals surface area contributed by atoms with Crippen molar-refractivity contribution < 1.29 is 23.6 Å². The van der Waals surface area contributed by atoms with E-state index < -0.39 is 18.0 Å². The van der Waals surface area contributed by atoms with Gasteiger partial charge in [0.15, 0.2) is 0 Å². The molecule has 144 valence electrons. The first-order valence-corrected chi connectivity index (χ1v) is 8.61. The maximum absolute atomic E-state index is 12.6. The Labute approximate surface area is 154 Å². The zero-order valence-corrected chi connectivity index (χ0v) is 14.5. The van der Waals surface area contributed by atoms with E-state index in [0.29, 0.717) is 26.2 Å². The normalized spacial score (nSPS) is 13.0. The van der Waals surface area contributed by atoms with E-state index in [-0.39, 0.29) is 5.95 Å². The molecule has 3 rings (SSSR count). The van der Waals surface area contributed by atoms with Crippen LogP contribution in [0.2, 0.25) is 0 Å². The topological polar surface area (TPSA) is 79.6 Å². The van der Waals surface area contributed by atoms with Crippen LogP contribution in [0.15, 0.2) is 48.8 Å². The van der Waals surface area contributed by atoms with E-state index in [4.69, 9.17) is 0 Å². The lowest BCUT2D eigenvalue weighted by Gasteiger charge is -2.12. The summed E-state index contributed by atoms with van der Waals surface area (Å²) < 4.78 is 39.8. The Balaban J connectivity index is 1.40.